The van der Waals surface area contributed by atoms with Crippen LogP contribution < -0.4 is 4.90 Å². The molecule has 1 nitrogen and oxygen atoms in total. The third kappa shape index (κ3) is 2.65. The van der Waals surface area contributed by atoms with Crippen LogP contribution in [0.1, 0.15) is 0 Å². The maximum atomic E-state index is 2.27. The minimum absolute atomic E-state index is 1.19. The molecule has 0 aliphatic heterocycles. The summed E-state index contributed by atoms with van der Waals surface area (Å²) in [5, 5.41) is 2.54. The molecule has 0 saturated heterocycles. The quantitative estimate of drug-likeness (QED) is 0.431. The second-order valence-corrected chi connectivity index (χ2v) is 5.97. The third-order valence-electron chi connectivity index (χ3n) is 4.47. The number of fused-ring (bicyclic) bond motifs is 1. The zero-order valence-electron chi connectivity index (χ0n) is 13.7. The molecule has 0 fully saturated rings. The van der Waals surface area contributed by atoms with Gasteiger partial charge in [0.05, 0.1) is 0 Å². The molecule has 4 rings (SSSR count). The van der Waals surface area contributed by atoms with Crippen LogP contribution in [0, 0.1) is 0 Å². The van der Waals surface area contributed by atoms with E-state index in [9.17, 15) is 0 Å². The van der Waals surface area contributed by atoms with Crippen molar-refractivity contribution in [1.82, 2.24) is 0 Å². The topological polar surface area (TPSA) is 3.24 Å². The average molecular weight is 309 g/mol. The molecular weight excluding hydrogens is 290 g/mol. The molecule has 0 bridgehead atoms. The summed E-state index contributed by atoms with van der Waals surface area (Å²) in [6.07, 6.45) is 0. The molecule has 116 valence electrons. The molecule has 0 aliphatic rings. The number of rotatable bonds is 3. The van der Waals surface area contributed by atoms with Gasteiger partial charge >= 0.3 is 0 Å². The summed E-state index contributed by atoms with van der Waals surface area (Å²) in [5.41, 5.74) is 4.88. The SMILES string of the molecule is CN(c1ccccc1)c1ccccc1-c1ccc2ccccc2c1. The second kappa shape index (κ2) is 6.21. The maximum Gasteiger partial charge on any atom is 0.0487 e. The van der Waals surface area contributed by atoms with Crippen LogP contribution in [0.3, 0.4) is 0 Å². The molecular formula is C23H19N. The predicted octanol–water partition coefficient (Wildman–Crippen LogP) is 6.27. The van der Waals surface area contributed by atoms with Gasteiger partial charge in [0.15, 0.2) is 0 Å². The highest BCUT2D eigenvalue weighted by atomic mass is 15.1. The monoisotopic (exact) mass is 309 g/mol. The van der Waals surface area contributed by atoms with E-state index in [2.05, 4.69) is 103 Å². The van der Waals surface area contributed by atoms with Gasteiger partial charge in [-0.05, 0) is 40.6 Å². The minimum atomic E-state index is 1.19. The fourth-order valence-electron chi connectivity index (χ4n) is 3.16. The molecule has 0 radical (unpaired) electrons. The first kappa shape index (κ1) is 14.5. The predicted molar refractivity (Wildman–Crippen MR) is 104 cm³/mol. The first-order chi connectivity index (χ1) is 11.8. The van der Waals surface area contributed by atoms with Crippen LogP contribution >= 0.6 is 0 Å². The molecule has 24 heavy (non-hydrogen) atoms. The normalized spacial score (nSPS) is 10.7. The van der Waals surface area contributed by atoms with Crippen molar-refractivity contribution < 1.29 is 0 Å². The highest BCUT2D eigenvalue weighted by Gasteiger charge is 2.10. The molecule has 4 aromatic carbocycles. The van der Waals surface area contributed by atoms with Gasteiger partial charge in [-0.2, -0.15) is 0 Å². The van der Waals surface area contributed by atoms with Crippen molar-refractivity contribution in [3.63, 3.8) is 0 Å². The van der Waals surface area contributed by atoms with Gasteiger partial charge in [-0.15, -0.1) is 0 Å². The highest BCUT2D eigenvalue weighted by Crippen LogP contribution is 2.35. The average Bonchev–Trinajstić information content (AvgIpc) is 2.68. The lowest BCUT2D eigenvalue weighted by Crippen LogP contribution is -2.10. The van der Waals surface area contributed by atoms with Crippen molar-refractivity contribution in [2.24, 2.45) is 0 Å². The number of benzene rings is 4. The molecule has 4 aromatic rings. The lowest BCUT2D eigenvalue weighted by Gasteiger charge is -2.23. The number of hydrogen-bond donors (Lipinski definition) is 0. The summed E-state index contributed by atoms with van der Waals surface area (Å²) >= 11 is 0. The Morgan fingerprint density at radius 2 is 1.25 bits per heavy atom. The van der Waals surface area contributed by atoms with E-state index in [0.717, 1.165) is 0 Å². The number of nitrogens with zero attached hydrogens (tertiary/aromatic N) is 1. The smallest absolute Gasteiger partial charge is 0.0487 e. The molecule has 0 amide bonds. The molecule has 1 heteroatoms. The van der Waals surface area contributed by atoms with E-state index in [4.69, 9.17) is 0 Å². The molecule has 0 aliphatic carbocycles. The van der Waals surface area contributed by atoms with Crippen LogP contribution in [-0.4, -0.2) is 7.05 Å². The van der Waals surface area contributed by atoms with E-state index in [0.29, 0.717) is 0 Å². The number of hydrogen-bond acceptors (Lipinski definition) is 1. The Morgan fingerprint density at radius 3 is 2.08 bits per heavy atom. The molecule has 0 spiro atoms. The Kier molecular flexibility index (Phi) is 3.76. The highest BCUT2D eigenvalue weighted by molar-refractivity contribution is 5.90. The van der Waals surface area contributed by atoms with E-state index in [1.807, 2.05) is 6.07 Å². The van der Waals surface area contributed by atoms with Gasteiger partial charge in [-0.25, -0.2) is 0 Å². The second-order valence-electron chi connectivity index (χ2n) is 5.97. The standard InChI is InChI=1S/C23H19N/c1-24(21-11-3-2-4-12-21)23-14-8-7-13-22(23)20-16-15-18-9-5-6-10-19(18)17-20/h2-17H,1H3. The number of para-hydroxylation sites is 2. The summed E-state index contributed by atoms with van der Waals surface area (Å²) in [5.74, 6) is 0. The Hall–Kier alpha value is -3.06. The van der Waals surface area contributed by atoms with Gasteiger partial charge in [0.2, 0.25) is 0 Å². The van der Waals surface area contributed by atoms with Gasteiger partial charge in [-0.3, -0.25) is 0 Å². The lowest BCUT2D eigenvalue weighted by atomic mass is 9.99. The zero-order valence-corrected chi connectivity index (χ0v) is 13.7. The van der Waals surface area contributed by atoms with Crippen molar-refractivity contribution >= 4 is 22.1 Å². The summed E-state index contributed by atoms with van der Waals surface area (Å²) in [6.45, 7) is 0. The summed E-state index contributed by atoms with van der Waals surface area (Å²) in [7, 11) is 2.12. The van der Waals surface area contributed by atoms with Crippen molar-refractivity contribution in [3.05, 3.63) is 97.1 Å². The van der Waals surface area contributed by atoms with Crippen molar-refractivity contribution in [2.75, 3.05) is 11.9 Å². The van der Waals surface area contributed by atoms with E-state index >= 15 is 0 Å². The van der Waals surface area contributed by atoms with E-state index < -0.39 is 0 Å². The third-order valence-corrected chi connectivity index (χ3v) is 4.47. The fraction of sp³-hybridized carbons (Fsp3) is 0.0435. The van der Waals surface area contributed by atoms with E-state index in [1.54, 1.807) is 0 Å². The lowest BCUT2D eigenvalue weighted by molar-refractivity contribution is 1.21. The molecule has 0 heterocycles. The fourth-order valence-corrected chi connectivity index (χ4v) is 3.16. The van der Waals surface area contributed by atoms with Crippen LogP contribution in [0.4, 0.5) is 11.4 Å². The van der Waals surface area contributed by atoms with Crippen molar-refractivity contribution in [2.45, 2.75) is 0 Å². The Bertz CT molecular complexity index is 973. The van der Waals surface area contributed by atoms with Crippen LogP contribution in [0.5, 0.6) is 0 Å². The zero-order chi connectivity index (χ0) is 16.4. The maximum absolute atomic E-state index is 2.27. The van der Waals surface area contributed by atoms with Gasteiger partial charge in [0.25, 0.3) is 0 Å². The van der Waals surface area contributed by atoms with Crippen molar-refractivity contribution in [3.8, 4) is 11.1 Å². The summed E-state index contributed by atoms with van der Waals surface area (Å²) < 4.78 is 0. The first-order valence-corrected chi connectivity index (χ1v) is 8.20. The Labute approximate surface area is 142 Å². The van der Waals surface area contributed by atoms with Gasteiger partial charge < -0.3 is 4.90 Å². The molecule has 0 atom stereocenters. The molecule has 0 N–H and O–H groups in total. The van der Waals surface area contributed by atoms with Crippen LogP contribution in [-0.2, 0) is 0 Å². The van der Waals surface area contributed by atoms with Gasteiger partial charge in [0.1, 0.15) is 0 Å². The summed E-state index contributed by atoms with van der Waals surface area (Å²) in [4.78, 5) is 2.24. The van der Waals surface area contributed by atoms with Gasteiger partial charge in [-0.1, -0.05) is 72.8 Å². The first-order valence-electron chi connectivity index (χ1n) is 8.20. The Morgan fingerprint density at radius 1 is 0.583 bits per heavy atom. The minimum Gasteiger partial charge on any atom is -0.344 e. The molecule has 0 saturated carbocycles. The number of anilines is 2. The van der Waals surface area contributed by atoms with Crippen LogP contribution in [0.25, 0.3) is 21.9 Å². The molecule has 0 unspecified atom stereocenters. The van der Waals surface area contributed by atoms with Crippen LogP contribution in [0.15, 0.2) is 97.1 Å². The van der Waals surface area contributed by atoms with E-state index in [-0.39, 0.29) is 0 Å². The Balaban J connectivity index is 1.83. The van der Waals surface area contributed by atoms with E-state index in [1.165, 1.54) is 33.3 Å². The van der Waals surface area contributed by atoms with Crippen molar-refractivity contribution in [1.29, 1.82) is 0 Å². The summed E-state index contributed by atoms with van der Waals surface area (Å²) in [6, 6.07) is 34.2. The molecule has 0 aromatic heterocycles. The largest absolute Gasteiger partial charge is 0.344 e. The van der Waals surface area contributed by atoms with Gasteiger partial charge in [0, 0.05) is 24.0 Å². The van der Waals surface area contributed by atoms with Crippen LogP contribution in [0.2, 0.25) is 0 Å².